The Morgan fingerprint density at radius 3 is 2.39 bits per heavy atom. The number of rotatable bonds is 2. The van der Waals surface area contributed by atoms with E-state index in [-0.39, 0.29) is 6.04 Å². The molecule has 1 aromatic heterocycles. The molecule has 0 spiro atoms. The molecule has 0 aromatic carbocycles. The van der Waals surface area contributed by atoms with Crippen molar-refractivity contribution in [1.29, 1.82) is 0 Å². The average Bonchev–Trinajstić information content (AvgIpc) is 2.91. The fourth-order valence-electron chi connectivity index (χ4n) is 3.40. The summed E-state index contributed by atoms with van der Waals surface area (Å²) in [6, 6.07) is 0.215. The van der Waals surface area contributed by atoms with Crippen molar-refractivity contribution in [1.82, 2.24) is 10.1 Å². The maximum Gasteiger partial charge on any atom is 0.231 e. The molecule has 4 nitrogen and oxygen atoms in total. The molecule has 0 radical (unpaired) electrons. The normalized spacial score (nSPS) is 30.5. The Labute approximate surface area is 108 Å². The summed E-state index contributed by atoms with van der Waals surface area (Å²) in [6.07, 6.45) is 11.1. The standard InChI is InChI=1S/C14H23N3O/c15-12-9-5-8-11(12)14-16-13(17-18-14)10-6-3-1-2-4-7-10/h10-12H,1-9,15H2. The highest BCUT2D eigenvalue weighted by Crippen LogP contribution is 2.35. The molecule has 2 unspecified atom stereocenters. The molecule has 3 rings (SSSR count). The Hall–Kier alpha value is -0.900. The third kappa shape index (κ3) is 2.44. The molecule has 1 aromatic rings. The van der Waals surface area contributed by atoms with Crippen LogP contribution in [0.2, 0.25) is 0 Å². The van der Waals surface area contributed by atoms with Crippen LogP contribution in [0, 0.1) is 0 Å². The Kier molecular flexibility index (Phi) is 3.64. The summed E-state index contributed by atoms with van der Waals surface area (Å²) in [5, 5.41) is 4.22. The molecule has 2 aliphatic rings. The zero-order valence-electron chi connectivity index (χ0n) is 11.0. The molecule has 0 aliphatic heterocycles. The van der Waals surface area contributed by atoms with Gasteiger partial charge in [0.25, 0.3) is 0 Å². The second-order valence-electron chi connectivity index (χ2n) is 5.88. The van der Waals surface area contributed by atoms with E-state index in [9.17, 15) is 0 Å². The van der Waals surface area contributed by atoms with Crippen LogP contribution >= 0.6 is 0 Å². The first-order valence-corrected chi connectivity index (χ1v) is 7.43. The van der Waals surface area contributed by atoms with Crippen LogP contribution in [0.1, 0.15) is 81.3 Å². The predicted octanol–water partition coefficient (Wildman–Crippen LogP) is 3.10. The van der Waals surface area contributed by atoms with Crippen molar-refractivity contribution < 1.29 is 4.52 Å². The average molecular weight is 249 g/mol. The van der Waals surface area contributed by atoms with Gasteiger partial charge in [-0.15, -0.1) is 0 Å². The van der Waals surface area contributed by atoms with Crippen LogP contribution in [0.4, 0.5) is 0 Å². The molecule has 2 aliphatic carbocycles. The quantitative estimate of drug-likeness (QED) is 0.818. The third-order valence-corrected chi connectivity index (χ3v) is 4.56. The van der Waals surface area contributed by atoms with E-state index in [4.69, 9.17) is 10.3 Å². The van der Waals surface area contributed by atoms with Gasteiger partial charge in [-0.05, 0) is 25.7 Å². The van der Waals surface area contributed by atoms with Crippen LogP contribution in [0.3, 0.4) is 0 Å². The Morgan fingerprint density at radius 2 is 1.72 bits per heavy atom. The van der Waals surface area contributed by atoms with Crippen molar-refractivity contribution in [3.8, 4) is 0 Å². The summed E-state index contributed by atoms with van der Waals surface area (Å²) in [7, 11) is 0. The highest BCUT2D eigenvalue weighted by Gasteiger charge is 2.31. The van der Waals surface area contributed by atoms with Crippen LogP contribution in [0.5, 0.6) is 0 Å². The number of aromatic nitrogens is 2. The second-order valence-corrected chi connectivity index (χ2v) is 5.88. The number of nitrogens with two attached hydrogens (primary N) is 1. The van der Waals surface area contributed by atoms with Crippen LogP contribution in [0.15, 0.2) is 4.52 Å². The van der Waals surface area contributed by atoms with Gasteiger partial charge < -0.3 is 10.3 Å². The van der Waals surface area contributed by atoms with Gasteiger partial charge in [-0.2, -0.15) is 4.98 Å². The highest BCUT2D eigenvalue weighted by atomic mass is 16.5. The van der Waals surface area contributed by atoms with Gasteiger partial charge in [0.2, 0.25) is 5.89 Å². The van der Waals surface area contributed by atoms with Crippen LogP contribution in [0.25, 0.3) is 0 Å². The second kappa shape index (κ2) is 5.39. The Balaban J connectivity index is 1.72. The van der Waals surface area contributed by atoms with Gasteiger partial charge in [0, 0.05) is 12.0 Å². The minimum atomic E-state index is 0.215. The zero-order valence-corrected chi connectivity index (χ0v) is 11.0. The molecule has 0 saturated heterocycles. The van der Waals surface area contributed by atoms with E-state index >= 15 is 0 Å². The van der Waals surface area contributed by atoms with E-state index < -0.39 is 0 Å². The summed E-state index contributed by atoms with van der Waals surface area (Å²) in [5.74, 6) is 2.55. The van der Waals surface area contributed by atoms with E-state index in [2.05, 4.69) is 10.1 Å². The smallest absolute Gasteiger partial charge is 0.231 e. The van der Waals surface area contributed by atoms with Crippen molar-refractivity contribution in [2.24, 2.45) is 5.73 Å². The predicted molar refractivity (Wildman–Crippen MR) is 69.3 cm³/mol. The summed E-state index contributed by atoms with van der Waals surface area (Å²) in [5.41, 5.74) is 6.10. The van der Waals surface area contributed by atoms with Crippen molar-refractivity contribution in [2.75, 3.05) is 0 Å². The largest absolute Gasteiger partial charge is 0.339 e. The Bertz CT molecular complexity index is 382. The maximum atomic E-state index is 6.10. The lowest BCUT2D eigenvalue weighted by Crippen LogP contribution is -2.22. The van der Waals surface area contributed by atoms with E-state index in [0.717, 1.165) is 24.6 Å². The first-order valence-electron chi connectivity index (χ1n) is 7.43. The van der Waals surface area contributed by atoms with Crippen molar-refractivity contribution >= 4 is 0 Å². The molecule has 4 heteroatoms. The fraction of sp³-hybridized carbons (Fsp3) is 0.857. The SMILES string of the molecule is NC1CCCC1c1nc(C2CCCCCC2)no1. The Morgan fingerprint density at radius 1 is 0.944 bits per heavy atom. The number of hydrogen-bond acceptors (Lipinski definition) is 4. The molecule has 2 saturated carbocycles. The first kappa shape index (κ1) is 12.2. The third-order valence-electron chi connectivity index (χ3n) is 4.56. The first-order chi connectivity index (χ1) is 8.84. The fourth-order valence-corrected chi connectivity index (χ4v) is 3.40. The van der Waals surface area contributed by atoms with Gasteiger partial charge in [-0.25, -0.2) is 0 Å². The van der Waals surface area contributed by atoms with E-state index in [1.807, 2.05) is 0 Å². The van der Waals surface area contributed by atoms with Crippen molar-refractivity contribution in [2.45, 2.75) is 75.7 Å². The van der Waals surface area contributed by atoms with Gasteiger partial charge in [0.05, 0.1) is 5.92 Å². The molecular weight excluding hydrogens is 226 g/mol. The summed E-state index contributed by atoms with van der Waals surface area (Å²) >= 11 is 0. The molecule has 0 amide bonds. The molecule has 0 bridgehead atoms. The zero-order chi connectivity index (χ0) is 12.4. The summed E-state index contributed by atoms with van der Waals surface area (Å²) < 4.78 is 5.47. The molecule has 18 heavy (non-hydrogen) atoms. The lowest BCUT2D eigenvalue weighted by molar-refractivity contribution is 0.338. The highest BCUT2D eigenvalue weighted by molar-refractivity contribution is 5.04. The van der Waals surface area contributed by atoms with Gasteiger partial charge in [-0.3, -0.25) is 0 Å². The number of hydrogen-bond donors (Lipinski definition) is 1. The van der Waals surface area contributed by atoms with Crippen LogP contribution < -0.4 is 5.73 Å². The molecule has 100 valence electrons. The molecule has 2 N–H and O–H groups in total. The monoisotopic (exact) mass is 249 g/mol. The van der Waals surface area contributed by atoms with Gasteiger partial charge in [0.1, 0.15) is 0 Å². The molecular formula is C14H23N3O. The lowest BCUT2D eigenvalue weighted by atomic mass is 9.99. The van der Waals surface area contributed by atoms with Crippen LogP contribution in [-0.2, 0) is 0 Å². The van der Waals surface area contributed by atoms with Gasteiger partial charge >= 0.3 is 0 Å². The molecule has 1 heterocycles. The van der Waals surface area contributed by atoms with Crippen molar-refractivity contribution in [3.63, 3.8) is 0 Å². The molecule has 2 atom stereocenters. The minimum Gasteiger partial charge on any atom is -0.339 e. The van der Waals surface area contributed by atoms with Crippen molar-refractivity contribution in [3.05, 3.63) is 11.7 Å². The van der Waals surface area contributed by atoms with E-state index in [0.29, 0.717) is 11.8 Å². The molecule has 2 fully saturated rings. The lowest BCUT2D eigenvalue weighted by Gasteiger charge is -2.10. The summed E-state index contributed by atoms with van der Waals surface area (Å²) in [4.78, 5) is 4.65. The minimum absolute atomic E-state index is 0.215. The van der Waals surface area contributed by atoms with E-state index in [1.165, 1.54) is 44.9 Å². The maximum absolute atomic E-state index is 6.10. The number of nitrogens with zero attached hydrogens (tertiary/aromatic N) is 2. The van der Waals surface area contributed by atoms with Crippen LogP contribution in [-0.4, -0.2) is 16.2 Å². The van der Waals surface area contributed by atoms with Gasteiger partial charge in [0.15, 0.2) is 5.82 Å². The summed E-state index contributed by atoms with van der Waals surface area (Å²) in [6.45, 7) is 0. The van der Waals surface area contributed by atoms with Gasteiger partial charge in [-0.1, -0.05) is 37.3 Å². The topological polar surface area (TPSA) is 64.9 Å². The van der Waals surface area contributed by atoms with E-state index in [1.54, 1.807) is 0 Å².